The van der Waals surface area contributed by atoms with Gasteiger partial charge in [0.25, 0.3) is 0 Å². The van der Waals surface area contributed by atoms with Crippen LogP contribution in [0.2, 0.25) is 5.02 Å². The molecule has 0 aliphatic heterocycles. The monoisotopic (exact) mass is 406 g/mol. The molecule has 6 nitrogen and oxygen atoms in total. The predicted octanol–water partition coefficient (Wildman–Crippen LogP) is 4.97. The highest BCUT2D eigenvalue weighted by Crippen LogP contribution is 2.25. The summed E-state index contributed by atoms with van der Waals surface area (Å²) in [6.45, 7) is 9.59. The van der Waals surface area contributed by atoms with Crippen molar-refractivity contribution >= 4 is 29.2 Å². The zero-order valence-corrected chi connectivity index (χ0v) is 17.7. The van der Waals surface area contributed by atoms with Gasteiger partial charge in [-0.1, -0.05) is 18.5 Å². The third-order valence-corrected chi connectivity index (χ3v) is 4.18. The number of benzene rings is 1. The lowest BCUT2D eigenvalue weighted by Gasteiger charge is -2.19. The van der Waals surface area contributed by atoms with Crippen LogP contribution < -0.4 is 5.32 Å². The zero-order chi connectivity index (χ0) is 20.9. The molecule has 0 saturated heterocycles. The molecule has 2 rings (SSSR count). The number of hydrogen-bond donors (Lipinski definition) is 2. The Kier molecular flexibility index (Phi) is 7.13. The first-order valence-electron chi connectivity index (χ1n) is 9.29. The largest absolute Gasteiger partial charge is 0.462 e. The first-order chi connectivity index (χ1) is 13.2. The fraction of sp³-hybridized carbons (Fsp3) is 0.429. The van der Waals surface area contributed by atoms with Gasteiger partial charge in [0.1, 0.15) is 11.3 Å². The average Bonchev–Trinajstić information content (AvgIpc) is 2.99. The van der Waals surface area contributed by atoms with Gasteiger partial charge >= 0.3 is 11.9 Å². The lowest BCUT2D eigenvalue weighted by Crippen LogP contribution is -2.24. The molecule has 0 aliphatic rings. The third-order valence-electron chi connectivity index (χ3n) is 3.93. The number of ether oxygens (including phenoxy) is 2. The SMILES string of the molecule is CCOC(=O)c1c(CNc2ccc(Cl)cc2)[nH]c(C(=O)OC(C)(C)C)c1CC. The minimum Gasteiger partial charge on any atom is -0.462 e. The molecule has 0 bridgehead atoms. The van der Waals surface area contributed by atoms with Gasteiger partial charge in [-0.25, -0.2) is 9.59 Å². The first kappa shape index (κ1) is 21.8. The Labute approximate surface area is 170 Å². The highest BCUT2D eigenvalue weighted by atomic mass is 35.5. The number of carbonyl (C=O) groups excluding carboxylic acids is 2. The van der Waals surface area contributed by atoms with E-state index in [-0.39, 0.29) is 12.3 Å². The molecule has 152 valence electrons. The highest BCUT2D eigenvalue weighted by molar-refractivity contribution is 6.30. The fourth-order valence-electron chi connectivity index (χ4n) is 2.79. The van der Waals surface area contributed by atoms with Gasteiger partial charge in [-0.05, 0) is 63.9 Å². The Hall–Kier alpha value is -2.47. The topological polar surface area (TPSA) is 80.4 Å². The number of H-pyrrole nitrogens is 1. The van der Waals surface area contributed by atoms with Crippen LogP contribution in [-0.2, 0) is 22.4 Å². The van der Waals surface area contributed by atoms with Crippen molar-refractivity contribution in [3.63, 3.8) is 0 Å². The van der Waals surface area contributed by atoms with E-state index in [4.69, 9.17) is 21.1 Å². The zero-order valence-electron chi connectivity index (χ0n) is 16.9. The fourth-order valence-corrected chi connectivity index (χ4v) is 2.92. The van der Waals surface area contributed by atoms with Gasteiger partial charge in [0, 0.05) is 16.4 Å². The Balaban J connectivity index is 2.39. The molecule has 0 spiro atoms. The minimum absolute atomic E-state index is 0.249. The highest BCUT2D eigenvalue weighted by Gasteiger charge is 2.29. The second-order valence-electron chi connectivity index (χ2n) is 7.27. The van der Waals surface area contributed by atoms with E-state index in [0.29, 0.717) is 34.8 Å². The third kappa shape index (κ3) is 5.52. The van der Waals surface area contributed by atoms with Crippen LogP contribution in [0.1, 0.15) is 66.7 Å². The standard InChI is InChI=1S/C21H27ClN2O4/c1-6-15-17(19(25)27-7-2)16(12-23-14-10-8-13(22)9-11-14)24-18(15)20(26)28-21(3,4)5/h8-11,23-24H,6-7,12H2,1-5H3. The second kappa shape index (κ2) is 9.15. The van der Waals surface area contributed by atoms with Crippen molar-refractivity contribution in [3.05, 3.63) is 51.8 Å². The van der Waals surface area contributed by atoms with Crippen LogP contribution >= 0.6 is 11.6 Å². The van der Waals surface area contributed by atoms with E-state index in [9.17, 15) is 9.59 Å². The lowest BCUT2D eigenvalue weighted by molar-refractivity contribution is 0.00622. The number of carbonyl (C=O) groups is 2. The van der Waals surface area contributed by atoms with E-state index in [1.165, 1.54) is 0 Å². The van der Waals surface area contributed by atoms with Crippen molar-refractivity contribution in [2.24, 2.45) is 0 Å². The lowest BCUT2D eigenvalue weighted by atomic mass is 10.1. The summed E-state index contributed by atoms with van der Waals surface area (Å²) in [5, 5.41) is 3.86. The maximum Gasteiger partial charge on any atom is 0.355 e. The molecule has 0 unspecified atom stereocenters. The van der Waals surface area contributed by atoms with E-state index in [0.717, 1.165) is 5.69 Å². The van der Waals surface area contributed by atoms with Gasteiger partial charge in [-0.2, -0.15) is 0 Å². The number of esters is 2. The molecule has 2 N–H and O–H groups in total. The van der Waals surface area contributed by atoms with Crippen LogP contribution in [0.5, 0.6) is 0 Å². The van der Waals surface area contributed by atoms with E-state index < -0.39 is 17.5 Å². The summed E-state index contributed by atoms with van der Waals surface area (Å²) in [5.41, 5.74) is 2.04. The minimum atomic E-state index is -0.640. The summed E-state index contributed by atoms with van der Waals surface area (Å²) in [7, 11) is 0. The van der Waals surface area contributed by atoms with Crippen LogP contribution in [0, 0.1) is 0 Å². The maximum absolute atomic E-state index is 12.7. The van der Waals surface area contributed by atoms with Gasteiger partial charge in [0.2, 0.25) is 0 Å². The molecule has 0 aliphatic carbocycles. The molecule has 28 heavy (non-hydrogen) atoms. The number of anilines is 1. The summed E-state index contributed by atoms with van der Waals surface area (Å²) < 4.78 is 10.7. The molecule has 0 atom stereocenters. The van der Waals surface area contributed by atoms with E-state index in [1.807, 2.05) is 19.1 Å². The normalized spacial score (nSPS) is 11.2. The molecule has 7 heteroatoms. The smallest absolute Gasteiger partial charge is 0.355 e. The van der Waals surface area contributed by atoms with E-state index >= 15 is 0 Å². The molecule has 0 radical (unpaired) electrons. The van der Waals surface area contributed by atoms with Crippen molar-refractivity contribution in [2.45, 2.75) is 53.2 Å². The molecule has 0 fully saturated rings. The van der Waals surface area contributed by atoms with Gasteiger partial charge in [0.15, 0.2) is 0 Å². The molecular formula is C21H27ClN2O4. The van der Waals surface area contributed by atoms with Gasteiger partial charge < -0.3 is 19.8 Å². The number of hydrogen-bond acceptors (Lipinski definition) is 5. The van der Waals surface area contributed by atoms with Gasteiger partial charge in [-0.3, -0.25) is 0 Å². The van der Waals surface area contributed by atoms with Crippen LogP contribution in [0.15, 0.2) is 24.3 Å². The molecular weight excluding hydrogens is 380 g/mol. The Morgan fingerprint density at radius 3 is 2.29 bits per heavy atom. The molecule has 0 saturated carbocycles. The van der Waals surface area contributed by atoms with Crippen molar-refractivity contribution in [3.8, 4) is 0 Å². The summed E-state index contributed by atoms with van der Waals surface area (Å²) in [4.78, 5) is 28.3. The predicted molar refractivity (Wildman–Crippen MR) is 110 cm³/mol. The van der Waals surface area contributed by atoms with Crippen molar-refractivity contribution in [1.29, 1.82) is 0 Å². The van der Waals surface area contributed by atoms with Crippen LogP contribution in [0.4, 0.5) is 5.69 Å². The second-order valence-corrected chi connectivity index (χ2v) is 7.70. The van der Waals surface area contributed by atoms with Crippen molar-refractivity contribution < 1.29 is 19.1 Å². The molecule has 2 aromatic rings. The average molecular weight is 407 g/mol. The Morgan fingerprint density at radius 2 is 1.75 bits per heavy atom. The summed E-state index contributed by atoms with van der Waals surface area (Å²) in [6.07, 6.45) is 0.486. The van der Waals surface area contributed by atoms with Gasteiger partial charge in [-0.15, -0.1) is 0 Å². The Morgan fingerprint density at radius 1 is 1.11 bits per heavy atom. The number of aromatic nitrogens is 1. The number of nitrogens with one attached hydrogen (secondary N) is 2. The summed E-state index contributed by atoms with van der Waals surface area (Å²) >= 11 is 5.91. The quantitative estimate of drug-likeness (QED) is 0.634. The first-order valence-corrected chi connectivity index (χ1v) is 9.67. The van der Waals surface area contributed by atoms with Gasteiger partial charge in [0.05, 0.1) is 18.7 Å². The number of halogens is 1. The Bertz CT molecular complexity index is 835. The summed E-state index contributed by atoms with van der Waals surface area (Å²) in [6, 6.07) is 7.22. The summed E-state index contributed by atoms with van der Waals surface area (Å²) in [5.74, 6) is -0.953. The van der Waals surface area contributed by atoms with Crippen LogP contribution in [-0.4, -0.2) is 29.1 Å². The molecule has 1 aromatic carbocycles. The van der Waals surface area contributed by atoms with Crippen molar-refractivity contribution in [1.82, 2.24) is 4.98 Å². The van der Waals surface area contributed by atoms with Crippen molar-refractivity contribution in [2.75, 3.05) is 11.9 Å². The molecule has 1 aromatic heterocycles. The van der Waals surface area contributed by atoms with Crippen LogP contribution in [0.3, 0.4) is 0 Å². The molecule has 1 heterocycles. The van der Waals surface area contributed by atoms with Crippen LogP contribution in [0.25, 0.3) is 0 Å². The van der Waals surface area contributed by atoms with E-state index in [1.54, 1.807) is 39.8 Å². The molecule has 0 amide bonds. The maximum atomic E-state index is 12.7. The number of rotatable bonds is 7. The van der Waals surface area contributed by atoms with E-state index in [2.05, 4.69) is 10.3 Å². The number of aromatic amines is 1.